The molecule has 0 aliphatic heterocycles. The first-order chi connectivity index (χ1) is 14.1. The second-order valence-electron chi connectivity index (χ2n) is 7.13. The van der Waals surface area contributed by atoms with Gasteiger partial charge >= 0.3 is 0 Å². The van der Waals surface area contributed by atoms with E-state index in [-0.39, 0.29) is 5.91 Å². The molecule has 0 saturated carbocycles. The molecule has 4 rings (SSSR count). The number of rotatable bonds is 5. The van der Waals surface area contributed by atoms with Crippen molar-refractivity contribution in [1.29, 1.82) is 0 Å². The number of carbonyl (C=O) groups excluding carboxylic acids is 1. The molecule has 1 aromatic heterocycles. The highest BCUT2D eigenvalue weighted by atomic mass is 32.1. The minimum atomic E-state index is -0.0395. The van der Waals surface area contributed by atoms with Crippen molar-refractivity contribution in [2.75, 3.05) is 4.90 Å². The molecule has 0 atom stereocenters. The number of nitrogens with zero attached hydrogens (tertiary/aromatic N) is 2. The Morgan fingerprint density at radius 2 is 1.66 bits per heavy atom. The molecular formula is C25H22N2OS. The summed E-state index contributed by atoms with van der Waals surface area (Å²) in [5.74, 6) is -0.0395. The van der Waals surface area contributed by atoms with Gasteiger partial charge in [0.15, 0.2) is 5.13 Å². The number of hydrogen-bond donors (Lipinski definition) is 0. The molecule has 29 heavy (non-hydrogen) atoms. The first kappa shape index (κ1) is 19.1. The molecule has 3 nitrogen and oxygen atoms in total. The molecule has 0 aliphatic carbocycles. The fourth-order valence-electron chi connectivity index (χ4n) is 3.17. The summed E-state index contributed by atoms with van der Waals surface area (Å²) in [7, 11) is 0. The standard InChI is InChI=1S/C25H22N2OS/c1-18-11-13-21(14-12-18)23-17-29-25(26-23)27(16-20-8-4-3-5-9-20)24(28)22-10-6-7-19(2)15-22/h3-15,17H,16H2,1-2H3. The normalized spacial score (nSPS) is 10.7. The van der Waals surface area contributed by atoms with E-state index in [2.05, 4.69) is 31.2 Å². The summed E-state index contributed by atoms with van der Waals surface area (Å²) in [6.45, 7) is 4.55. The van der Waals surface area contributed by atoms with E-state index in [0.717, 1.165) is 22.4 Å². The van der Waals surface area contributed by atoms with Gasteiger partial charge < -0.3 is 0 Å². The lowest BCUT2D eigenvalue weighted by atomic mass is 10.1. The van der Waals surface area contributed by atoms with E-state index in [1.54, 1.807) is 4.90 Å². The van der Waals surface area contributed by atoms with Crippen LogP contribution < -0.4 is 4.90 Å². The highest BCUT2D eigenvalue weighted by Gasteiger charge is 2.21. The fraction of sp³-hybridized carbons (Fsp3) is 0.120. The first-order valence-electron chi connectivity index (χ1n) is 9.55. The molecule has 0 aliphatic rings. The van der Waals surface area contributed by atoms with Crippen LogP contribution in [0.25, 0.3) is 11.3 Å². The van der Waals surface area contributed by atoms with Gasteiger partial charge in [0.05, 0.1) is 12.2 Å². The Kier molecular flexibility index (Phi) is 5.54. The molecule has 0 unspecified atom stereocenters. The monoisotopic (exact) mass is 398 g/mol. The maximum absolute atomic E-state index is 13.4. The Labute approximate surface area is 175 Å². The van der Waals surface area contributed by atoms with Crippen LogP contribution in [-0.2, 0) is 6.54 Å². The SMILES string of the molecule is Cc1ccc(-c2csc(N(Cc3ccccc3)C(=O)c3cccc(C)c3)n2)cc1. The number of anilines is 1. The van der Waals surface area contributed by atoms with Gasteiger partial charge in [0.1, 0.15) is 0 Å². The molecule has 3 aromatic carbocycles. The van der Waals surface area contributed by atoms with Crippen molar-refractivity contribution in [1.82, 2.24) is 4.98 Å². The van der Waals surface area contributed by atoms with Crippen LogP contribution in [-0.4, -0.2) is 10.9 Å². The Balaban J connectivity index is 1.70. The largest absolute Gasteiger partial charge is 0.279 e. The molecule has 1 amide bonds. The predicted molar refractivity (Wildman–Crippen MR) is 120 cm³/mol. The van der Waals surface area contributed by atoms with Crippen LogP contribution in [0, 0.1) is 13.8 Å². The van der Waals surface area contributed by atoms with Crippen LogP contribution in [0.1, 0.15) is 27.0 Å². The Bertz CT molecular complexity index is 1120. The summed E-state index contributed by atoms with van der Waals surface area (Å²) >= 11 is 1.50. The number of benzene rings is 3. The number of carbonyl (C=O) groups is 1. The van der Waals surface area contributed by atoms with Gasteiger partial charge in [-0.05, 0) is 31.5 Å². The maximum atomic E-state index is 13.4. The van der Waals surface area contributed by atoms with E-state index < -0.39 is 0 Å². The van der Waals surface area contributed by atoms with Gasteiger partial charge in [0.25, 0.3) is 5.91 Å². The van der Waals surface area contributed by atoms with Gasteiger partial charge in [-0.25, -0.2) is 4.98 Å². The third-order valence-electron chi connectivity index (χ3n) is 4.76. The molecule has 0 N–H and O–H groups in total. The van der Waals surface area contributed by atoms with Crippen LogP contribution in [0.15, 0.2) is 84.2 Å². The molecule has 0 spiro atoms. The number of amides is 1. The second kappa shape index (κ2) is 8.41. The molecule has 0 bridgehead atoms. The minimum absolute atomic E-state index is 0.0395. The van der Waals surface area contributed by atoms with E-state index in [1.165, 1.54) is 16.9 Å². The molecule has 0 saturated heterocycles. The lowest BCUT2D eigenvalue weighted by molar-refractivity contribution is 0.0985. The summed E-state index contributed by atoms with van der Waals surface area (Å²) in [6.07, 6.45) is 0. The zero-order chi connectivity index (χ0) is 20.2. The van der Waals surface area contributed by atoms with Gasteiger partial charge in [0.2, 0.25) is 0 Å². The maximum Gasteiger partial charge on any atom is 0.260 e. The Morgan fingerprint density at radius 3 is 2.38 bits per heavy atom. The third kappa shape index (κ3) is 4.44. The van der Waals surface area contributed by atoms with Crippen molar-refractivity contribution in [2.24, 2.45) is 0 Å². The number of thiazole rings is 1. The summed E-state index contributed by atoms with van der Waals surface area (Å²) in [6, 6.07) is 26.0. The first-order valence-corrected chi connectivity index (χ1v) is 10.4. The molecule has 1 heterocycles. The van der Waals surface area contributed by atoms with Gasteiger partial charge in [0, 0.05) is 16.5 Å². The average molecular weight is 399 g/mol. The number of hydrogen-bond acceptors (Lipinski definition) is 3. The zero-order valence-electron chi connectivity index (χ0n) is 16.5. The number of aromatic nitrogens is 1. The summed E-state index contributed by atoms with van der Waals surface area (Å²) in [4.78, 5) is 20.0. The van der Waals surface area contributed by atoms with E-state index in [4.69, 9.17) is 4.98 Å². The van der Waals surface area contributed by atoms with Gasteiger partial charge in [-0.2, -0.15) is 0 Å². The van der Waals surface area contributed by atoms with E-state index in [9.17, 15) is 4.79 Å². The van der Waals surface area contributed by atoms with E-state index in [0.29, 0.717) is 17.2 Å². The fourth-order valence-corrected chi connectivity index (χ4v) is 4.00. The summed E-state index contributed by atoms with van der Waals surface area (Å²) in [5.41, 5.74) is 5.97. The highest BCUT2D eigenvalue weighted by Crippen LogP contribution is 2.30. The van der Waals surface area contributed by atoms with Crippen LogP contribution in [0.5, 0.6) is 0 Å². The molecule has 0 fully saturated rings. The van der Waals surface area contributed by atoms with Crippen LogP contribution in [0.3, 0.4) is 0 Å². The minimum Gasteiger partial charge on any atom is -0.279 e. The second-order valence-corrected chi connectivity index (χ2v) is 7.96. The van der Waals surface area contributed by atoms with Crippen molar-refractivity contribution in [3.8, 4) is 11.3 Å². The Hall–Kier alpha value is -3.24. The molecule has 4 heteroatoms. The highest BCUT2D eigenvalue weighted by molar-refractivity contribution is 7.14. The van der Waals surface area contributed by atoms with Gasteiger partial charge in [-0.15, -0.1) is 11.3 Å². The molecule has 4 aromatic rings. The average Bonchev–Trinajstić information content (AvgIpc) is 3.23. The molecular weight excluding hydrogens is 376 g/mol. The third-order valence-corrected chi connectivity index (χ3v) is 5.63. The van der Waals surface area contributed by atoms with Gasteiger partial charge in [-0.3, -0.25) is 9.69 Å². The lowest BCUT2D eigenvalue weighted by Crippen LogP contribution is -2.30. The van der Waals surface area contributed by atoms with Gasteiger partial charge in [-0.1, -0.05) is 77.9 Å². The Morgan fingerprint density at radius 1 is 0.897 bits per heavy atom. The molecule has 144 valence electrons. The summed E-state index contributed by atoms with van der Waals surface area (Å²) in [5, 5.41) is 2.72. The number of aryl methyl sites for hydroxylation is 2. The van der Waals surface area contributed by atoms with Crippen molar-refractivity contribution in [3.05, 3.63) is 106 Å². The summed E-state index contributed by atoms with van der Waals surface area (Å²) < 4.78 is 0. The predicted octanol–water partition coefficient (Wildman–Crippen LogP) is 6.27. The van der Waals surface area contributed by atoms with Crippen LogP contribution in [0.4, 0.5) is 5.13 Å². The molecule has 0 radical (unpaired) electrons. The van der Waals surface area contributed by atoms with E-state index >= 15 is 0 Å². The van der Waals surface area contributed by atoms with Crippen LogP contribution in [0.2, 0.25) is 0 Å². The lowest BCUT2D eigenvalue weighted by Gasteiger charge is -2.20. The van der Waals surface area contributed by atoms with Crippen molar-refractivity contribution < 1.29 is 4.79 Å². The smallest absolute Gasteiger partial charge is 0.260 e. The van der Waals surface area contributed by atoms with Crippen molar-refractivity contribution in [3.63, 3.8) is 0 Å². The quantitative estimate of drug-likeness (QED) is 0.397. The van der Waals surface area contributed by atoms with E-state index in [1.807, 2.05) is 66.9 Å². The topological polar surface area (TPSA) is 33.2 Å². The van der Waals surface area contributed by atoms with Crippen molar-refractivity contribution in [2.45, 2.75) is 20.4 Å². The van der Waals surface area contributed by atoms with Crippen molar-refractivity contribution >= 4 is 22.4 Å². The van der Waals surface area contributed by atoms with Crippen LogP contribution >= 0.6 is 11.3 Å². The zero-order valence-corrected chi connectivity index (χ0v) is 17.3.